The van der Waals surface area contributed by atoms with Gasteiger partial charge in [0.05, 0.1) is 16.6 Å². The van der Waals surface area contributed by atoms with Gasteiger partial charge in [0.2, 0.25) is 0 Å². The van der Waals surface area contributed by atoms with Crippen molar-refractivity contribution in [3.8, 4) is 0 Å². The number of hydrogen-bond donors (Lipinski definition) is 2. The number of nitrogens with one attached hydrogen (secondary N) is 2. The highest BCUT2D eigenvalue weighted by molar-refractivity contribution is 6.34. The van der Waals surface area contributed by atoms with E-state index in [-0.39, 0.29) is 5.91 Å². The first kappa shape index (κ1) is 17.5. The lowest BCUT2D eigenvalue weighted by Crippen LogP contribution is -2.61. The third kappa shape index (κ3) is 3.85. The summed E-state index contributed by atoms with van der Waals surface area (Å²) in [5.74, 6) is -0.0682. The monoisotopic (exact) mass is 350 g/mol. The molecule has 1 aromatic carbocycles. The van der Waals surface area contributed by atoms with E-state index in [0.717, 1.165) is 25.3 Å². The summed E-state index contributed by atoms with van der Waals surface area (Å²) in [7, 11) is 3.46. The Hall–Kier alpha value is -1.30. The van der Waals surface area contributed by atoms with E-state index in [1.54, 1.807) is 20.2 Å². The van der Waals surface area contributed by atoms with Gasteiger partial charge in [-0.2, -0.15) is 0 Å². The highest BCUT2D eigenvalue weighted by atomic mass is 35.5. The maximum atomic E-state index is 12.0. The Balaban J connectivity index is 1.53. The van der Waals surface area contributed by atoms with Crippen molar-refractivity contribution in [1.82, 2.24) is 15.1 Å². The third-order valence-corrected chi connectivity index (χ3v) is 5.31. The standard InChI is InChI=1S/C18H27ClN4O/c1-12-8-15(6-7-20-12)23-10-14(11-23)21-13-4-5-16(17(19)9-13)18(24)22(2)3/h4-5,9,12,14-15,20-21H,6-8,10-11H2,1-3H3. The Bertz CT molecular complexity index is 601. The van der Waals surface area contributed by atoms with Gasteiger partial charge < -0.3 is 15.5 Å². The molecule has 2 aliphatic rings. The number of piperidine rings is 1. The van der Waals surface area contributed by atoms with E-state index < -0.39 is 0 Å². The predicted molar refractivity (Wildman–Crippen MR) is 98.9 cm³/mol. The molecule has 2 unspecified atom stereocenters. The van der Waals surface area contributed by atoms with Crippen LogP contribution in [0.5, 0.6) is 0 Å². The summed E-state index contributed by atoms with van der Waals surface area (Å²) < 4.78 is 0. The zero-order valence-electron chi connectivity index (χ0n) is 14.7. The second-order valence-corrected chi connectivity index (χ2v) is 7.63. The highest BCUT2D eigenvalue weighted by Gasteiger charge is 2.34. The van der Waals surface area contributed by atoms with Crippen LogP contribution in [0.25, 0.3) is 0 Å². The second kappa shape index (κ2) is 7.30. The molecule has 2 aliphatic heterocycles. The number of carbonyl (C=O) groups is 1. The first-order chi connectivity index (χ1) is 11.4. The van der Waals surface area contributed by atoms with Crippen molar-refractivity contribution in [2.45, 2.75) is 37.9 Å². The smallest absolute Gasteiger partial charge is 0.254 e. The van der Waals surface area contributed by atoms with Gasteiger partial charge in [-0.1, -0.05) is 11.6 Å². The summed E-state index contributed by atoms with van der Waals surface area (Å²) in [6.45, 7) is 5.54. The van der Waals surface area contributed by atoms with Crippen LogP contribution in [0.1, 0.15) is 30.1 Å². The van der Waals surface area contributed by atoms with E-state index in [9.17, 15) is 4.79 Å². The second-order valence-electron chi connectivity index (χ2n) is 7.22. The van der Waals surface area contributed by atoms with Crippen molar-refractivity contribution in [2.75, 3.05) is 39.0 Å². The highest BCUT2D eigenvalue weighted by Crippen LogP contribution is 2.26. The SMILES string of the molecule is CC1CC(N2CC(Nc3ccc(C(=O)N(C)C)c(Cl)c3)C2)CCN1. The lowest BCUT2D eigenvalue weighted by Gasteiger charge is -2.47. The van der Waals surface area contributed by atoms with Crippen LogP contribution >= 0.6 is 11.6 Å². The fraction of sp³-hybridized carbons (Fsp3) is 0.611. The molecule has 0 aromatic heterocycles. The van der Waals surface area contributed by atoms with Gasteiger partial charge in [0.15, 0.2) is 0 Å². The number of amides is 1. The predicted octanol–water partition coefficient (Wildman–Crippen LogP) is 2.28. The lowest BCUT2D eigenvalue weighted by molar-refractivity contribution is 0.0739. The van der Waals surface area contributed by atoms with Crippen molar-refractivity contribution in [1.29, 1.82) is 0 Å². The van der Waals surface area contributed by atoms with Crippen LogP contribution in [0.3, 0.4) is 0 Å². The van der Waals surface area contributed by atoms with Gasteiger partial charge >= 0.3 is 0 Å². The topological polar surface area (TPSA) is 47.6 Å². The number of carbonyl (C=O) groups excluding carboxylic acids is 1. The van der Waals surface area contributed by atoms with Gasteiger partial charge in [-0.3, -0.25) is 9.69 Å². The molecule has 2 heterocycles. The minimum absolute atomic E-state index is 0.0682. The van der Waals surface area contributed by atoms with Crippen molar-refractivity contribution in [3.63, 3.8) is 0 Å². The van der Waals surface area contributed by atoms with Crippen molar-refractivity contribution >= 4 is 23.2 Å². The molecule has 2 N–H and O–H groups in total. The molecule has 0 saturated carbocycles. The van der Waals surface area contributed by atoms with Gasteiger partial charge in [-0.15, -0.1) is 0 Å². The maximum absolute atomic E-state index is 12.0. The first-order valence-electron chi connectivity index (χ1n) is 8.69. The summed E-state index contributed by atoms with van der Waals surface area (Å²) >= 11 is 6.27. The molecule has 0 bridgehead atoms. The minimum Gasteiger partial charge on any atom is -0.380 e. The van der Waals surface area contributed by atoms with Crippen LogP contribution in [0.2, 0.25) is 5.02 Å². The van der Waals surface area contributed by atoms with Crippen LogP contribution in [0, 0.1) is 0 Å². The fourth-order valence-electron chi connectivity index (χ4n) is 3.59. The van der Waals surface area contributed by atoms with Crippen LogP contribution in [0.15, 0.2) is 18.2 Å². The Morgan fingerprint density at radius 3 is 2.75 bits per heavy atom. The van der Waals surface area contributed by atoms with Gasteiger partial charge in [-0.05, 0) is 44.5 Å². The molecule has 6 heteroatoms. The molecule has 1 amide bonds. The van der Waals surface area contributed by atoms with Crippen LogP contribution < -0.4 is 10.6 Å². The van der Waals surface area contributed by atoms with Crippen molar-refractivity contribution < 1.29 is 4.79 Å². The Labute approximate surface area is 149 Å². The molecule has 1 aromatic rings. The zero-order chi connectivity index (χ0) is 17.3. The molecule has 24 heavy (non-hydrogen) atoms. The van der Waals surface area contributed by atoms with Crippen LogP contribution in [-0.4, -0.2) is 67.6 Å². The Morgan fingerprint density at radius 1 is 1.38 bits per heavy atom. The molecule has 0 radical (unpaired) electrons. The molecule has 0 spiro atoms. The average molecular weight is 351 g/mol. The maximum Gasteiger partial charge on any atom is 0.254 e. The van der Waals surface area contributed by atoms with Gasteiger partial charge in [0.1, 0.15) is 0 Å². The van der Waals surface area contributed by atoms with Crippen LogP contribution in [0.4, 0.5) is 5.69 Å². The van der Waals surface area contributed by atoms with Gasteiger partial charge in [0.25, 0.3) is 5.91 Å². The minimum atomic E-state index is -0.0682. The number of halogens is 1. The molecule has 0 aliphatic carbocycles. The average Bonchev–Trinajstić information content (AvgIpc) is 2.49. The summed E-state index contributed by atoms with van der Waals surface area (Å²) in [6.07, 6.45) is 2.48. The van der Waals surface area contributed by atoms with E-state index in [2.05, 4.69) is 22.5 Å². The Morgan fingerprint density at radius 2 is 2.12 bits per heavy atom. The van der Waals surface area contributed by atoms with E-state index in [1.165, 1.54) is 17.7 Å². The van der Waals surface area contributed by atoms with E-state index >= 15 is 0 Å². The molecule has 5 nitrogen and oxygen atoms in total. The molecular formula is C18H27ClN4O. The summed E-state index contributed by atoms with van der Waals surface area (Å²) in [4.78, 5) is 16.1. The quantitative estimate of drug-likeness (QED) is 0.874. The molecule has 3 rings (SSSR count). The fourth-order valence-corrected chi connectivity index (χ4v) is 3.86. The van der Waals surface area contributed by atoms with E-state index in [4.69, 9.17) is 11.6 Å². The zero-order valence-corrected chi connectivity index (χ0v) is 15.4. The number of nitrogens with zero attached hydrogens (tertiary/aromatic N) is 2. The third-order valence-electron chi connectivity index (χ3n) is 5.00. The molecule has 2 saturated heterocycles. The molecule has 2 fully saturated rings. The van der Waals surface area contributed by atoms with E-state index in [1.807, 2.05) is 12.1 Å². The number of anilines is 1. The first-order valence-corrected chi connectivity index (χ1v) is 9.07. The normalized spacial score (nSPS) is 25.2. The molecular weight excluding hydrogens is 324 g/mol. The van der Waals surface area contributed by atoms with Crippen LogP contribution in [-0.2, 0) is 0 Å². The summed E-state index contributed by atoms with van der Waals surface area (Å²) in [6, 6.07) is 7.39. The number of benzene rings is 1. The Kier molecular flexibility index (Phi) is 5.33. The van der Waals surface area contributed by atoms with E-state index in [0.29, 0.717) is 28.7 Å². The van der Waals surface area contributed by atoms with Gasteiger partial charge in [0, 0.05) is 45.0 Å². The molecule has 132 valence electrons. The lowest BCUT2D eigenvalue weighted by atomic mass is 9.94. The number of likely N-dealkylation sites (tertiary alicyclic amines) is 1. The van der Waals surface area contributed by atoms with Crippen molar-refractivity contribution in [3.05, 3.63) is 28.8 Å². The molecule has 2 atom stereocenters. The summed E-state index contributed by atoms with van der Waals surface area (Å²) in [5.41, 5.74) is 1.53. The summed E-state index contributed by atoms with van der Waals surface area (Å²) in [5, 5.41) is 7.54. The number of rotatable bonds is 4. The van der Waals surface area contributed by atoms with Gasteiger partial charge in [-0.25, -0.2) is 0 Å². The number of hydrogen-bond acceptors (Lipinski definition) is 4. The largest absolute Gasteiger partial charge is 0.380 e. The van der Waals surface area contributed by atoms with Crippen molar-refractivity contribution in [2.24, 2.45) is 0 Å².